The number of rotatable bonds is 5. The topological polar surface area (TPSA) is 91.7 Å². The number of carbonyl (C=O) groups excluding carboxylic acids is 1. The number of hydrogen-bond donors (Lipinski definition) is 2. The maximum atomic E-state index is 12.3. The number of fused-ring (bicyclic) bond motifs is 1. The maximum Gasteiger partial charge on any atom is 0.307 e. The summed E-state index contributed by atoms with van der Waals surface area (Å²) in [5, 5.41) is 17.9. The number of ketones is 1. The predicted molar refractivity (Wildman–Crippen MR) is 74.0 cm³/mol. The third-order valence-corrected chi connectivity index (χ3v) is 3.89. The number of carbonyl (C=O) groups is 3. The van der Waals surface area contributed by atoms with Crippen LogP contribution >= 0.6 is 12.2 Å². The van der Waals surface area contributed by atoms with E-state index >= 15 is 0 Å². The van der Waals surface area contributed by atoms with Gasteiger partial charge in [-0.3, -0.25) is 14.4 Å². The number of aliphatic carboxylic acids is 2. The van der Waals surface area contributed by atoms with Crippen LogP contribution in [0.1, 0.15) is 28.8 Å². The fourth-order valence-corrected chi connectivity index (χ4v) is 2.89. The van der Waals surface area contributed by atoms with Crippen molar-refractivity contribution in [1.82, 2.24) is 0 Å². The predicted octanol–water partition coefficient (Wildman–Crippen LogP) is 1.78. The summed E-state index contributed by atoms with van der Waals surface area (Å²) >= 11 is 5.22. The van der Waals surface area contributed by atoms with E-state index in [2.05, 4.69) is 0 Å². The van der Waals surface area contributed by atoms with Gasteiger partial charge in [0.25, 0.3) is 0 Å². The van der Waals surface area contributed by atoms with Crippen LogP contribution in [0.15, 0.2) is 24.3 Å². The summed E-state index contributed by atoms with van der Waals surface area (Å²) in [7, 11) is 0. The molecule has 0 saturated heterocycles. The lowest BCUT2D eigenvalue weighted by Crippen LogP contribution is -2.31. The number of benzene rings is 1. The molecule has 2 unspecified atom stereocenters. The van der Waals surface area contributed by atoms with Gasteiger partial charge in [0.2, 0.25) is 0 Å². The van der Waals surface area contributed by atoms with Crippen molar-refractivity contribution in [2.75, 3.05) is 0 Å². The molecule has 1 aromatic rings. The first kappa shape index (κ1) is 14.3. The highest BCUT2D eigenvalue weighted by atomic mass is 32.1. The number of carboxylic acid groups (broad SMARTS) is 2. The Bertz CT molecular complexity index is 572. The van der Waals surface area contributed by atoms with E-state index in [0.29, 0.717) is 16.0 Å². The Kier molecular flexibility index (Phi) is 3.94. The highest BCUT2D eigenvalue weighted by Crippen LogP contribution is 2.34. The van der Waals surface area contributed by atoms with Crippen molar-refractivity contribution in [2.24, 2.45) is 11.8 Å². The minimum Gasteiger partial charge on any atom is -0.481 e. The van der Waals surface area contributed by atoms with Gasteiger partial charge in [-0.25, -0.2) is 0 Å². The molecule has 1 aliphatic rings. The first-order valence-electron chi connectivity index (χ1n) is 6.05. The normalized spacial score (nSPS) is 18.7. The van der Waals surface area contributed by atoms with E-state index in [1.54, 1.807) is 24.3 Å². The van der Waals surface area contributed by atoms with Crippen molar-refractivity contribution in [3.8, 4) is 0 Å². The van der Waals surface area contributed by atoms with Gasteiger partial charge in [0.05, 0.1) is 11.8 Å². The van der Waals surface area contributed by atoms with Crippen LogP contribution in [0.3, 0.4) is 0 Å². The van der Waals surface area contributed by atoms with E-state index in [9.17, 15) is 19.5 Å². The first-order chi connectivity index (χ1) is 9.43. The van der Waals surface area contributed by atoms with Gasteiger partial charge < -0.3 is 10.2 Å². The fourth-order valence-electron chi connectivity index (χ4n) is 2.44. The van der Waals surface area contributed by atoms with E-state index in [-0.39, 0.29) is 18.6 Å². The molecule has 0 heterocycles. The van der Waals surface area contributed by atoms with Crippen molar-refractivity contribution >= 4 is 34.8 Å². The lowest BCUT2D eigenvalue weighted by molar-refractivity contribution is -0.143. The summed E-state index contributed by atoms with van der Waals surface area (Å²) in [4.78, 5) is 34.5. The molecule has 6 heteroatoms. The summed E-state index contributed by atoms with van der Waals surface area (Å²) in [5.41, 5.74) is 1.00. The average molecular weight is 292 g/mol. The third kappa shape index (κ3) is 2.46. The van der Waals surface area contributed by atoms with Crippen LogP contribution in [0.5, 0.6) is 0 Å². The van der Waals surface area contributed by atoms with Crippen LogP contribution in [-0.2, 0) is 9.59 Å². The molecule has 104 valence electrons. The van der Waals surface area contributed by atoms with Gasteiger partial charge in [-0.2, -0.15) is 0 Å². The number of Topliss-reactive ketones (excluding diaryl/α,β-unsaturated/α-hetero) is 1. The average Bonchev–Trinajstić information content (AvgIpc) is 2.64. The second-order valence-electron chi connectivity index (χ2n) is 4.63. The monoisotopic (exact) mass is 292 g/mol. The molecule has 5 nitrogen and oxygen atoms in total. The van der Waals surface area contributed by atoms with Gasteiger partial charge in [0, 0.05) is 16.8 Å². The maximum absolute atomic E-state index is 12.3. The molecule has 0 radical (unpaired) electrons. The lowest BCUT2D eigenvalue weighted by atomic mass is 9.85. The Hall–Kier alpha value is -2.08. The quantitative estimate of drug-likeness (QED) is 0.804. The molecule has 1 aromatic carbocycles. The van der Waals surface area contributed by atoms with E-state index in [0.717, 1.165) is 0 Å². The highest BCUT2D eigenvalue weighted by Gasteiger charge is 2.43. The zero-order valence-corrected chi connectivity index (χ0v) is 11.2. The molecule has 20 heavy (non-hydrogen) atoms. The summed E-state index contributed by atoms with van der Waals surface area (Å²) in [6.07, 6.45) is -0.422. The smallest absolute Gasteiger partial charge is 0.307 e. The van der Waals surface area contributed by atoms with Crippen molar-refractivity contribution in [3.05, 3.63) is 35.4 Å². The molecule has 2 N–H and O–H groups in total. The van der Waals surface area contributed by atoms with Crippen LogP contribution in [-0.4, -0.2) is 32.8 Å². The molecule has 0 bridgehead atoms. The number of carboxylic acids is 2. The summed E-state index contributed by atoms with van der Waals surface area (Å²) in [6.45, 7) is 0. The van der Waals surface area contributed by atoms with E-state index in [1.807, 2.05) is 0 Å². The van der Waals surface area contributed by atoms with E-state index < -0.39 is 23.8 Å². The lowest BCUT2D eigenvalue weighted by Gasteiger charge is -2.17. The fraction of sp³-hybridized carbons (Fsp3) is 0.286. The molecular formula is C14H12O5S. The molecule has 0 amide bonds. The van der Waals surface area contributed by atoms with Crippen molar-refractivity contribution in [3.63, 3.8) is 0 Å². The summed E-state index contributed by atoms with van der Waals surface area (Å²) in [6, 6.07) is 6.72. The minimum atomic E-state index is -1.19. The summed E-state index contributed by atoms with van der Waals surface area (Å²) in [5.74, 6) is -4.66. The minimum absolute atomic E-state index is 0.116. The number of hydrogen-bond acceptors (Lipinski definition) is 4. The van der Waals surface area contributed by atoms with Gasteiger partial charge in [0.1, 0.15) is 0 Å². The Morgan fingerprint density at radius 3 is 2.30 bits per heavy atom. The van der Waals surface area contributed by atoms with E-state index in [4.69, 9.17) is 17.3 Å². The molecule has 0 spiro atoms. The highest BCUT2D eigenvalue weighted by molar-refractivity contribution is 7.81. The molecule has 0 saturated carbocycles. The van der Waals surface area contributed by atoms with Crippen LogP contribution in [0.25, 0.3) is 0 Å². The molecule has 0 aliphatic heterocycles. The SMILES string of the molecule is O=C(O)CCC(C(=O)O)C1C(=O)c2ccccc2C1=S. The van der Waals surface area contributed by atoms with Crippen molar-refractivity contribution in [2.45, 2.75) is 12.8 Å². The Morgan fingerprint density at radius 1 is 1.20 bits per heavy atom. The molecular weight excluding hydrogens is 280 g/mol. The third-order valence-electron chi connectivity index (χ3n) is 3.41. The molecule has 1 aliphatic carbocycles. The molecule has 2 atom stereocenters. The van der Waals surface area contributed by atoms with Gasteiger partial charge in [0.15, 0.2) is 5.78 Å². The Balaban J connectivity index is 2.32. The largest absolute Gasteiger partial charge is 0.481 e. The second-order valence-corrected chi connectivity index (χ2v) is 5.07. The summed E-state index contributed by atoms with van der Waals surface area (Å²) < 4.78 is 0. The second kappa shape index (κ2) is 5.50. The van der Waals surface area contributed by atoms with Crippen LogP contribution in [0, 0.1) is 11.8 Å². The van der Waals surface area contributed by atoms with Gasteiger partial charge in [-0.1, -0.05) is 36.5 Å². The Labute approximate surface area is 120 Å². The van der Waals surface area contributed by atoms with Crippen LogP contribution in [0.4, 0.5) is 0 Å². The van der Waals surface area contributed by atoms with Gasteiger partial charge >= 0.3 is 11.9 Å². The van der Waals surface area contributed by atoms with E-state index in [1.165, 1.54) is 0 Å². The molecule has 2 rings (SSSR count). The standard InChI is InChI=1S/C14H12O5S/c15-10(16)6-5-9(14(18)19)11-12(17)7-3-1-2-4-8(7)13(11)20/h1-4,9,11H,5-6H2,(H,15,16)(H,18,19). The van der Waals surface area contributed by atoms with Crippen molar-refractivity contribution in [1.29, 1.82) is 0 Å². The first-order valence-corrected chi connectivity index (χ1v) is 6.46. The molecule has 0 aromatic heterocycles. The number of thiocarbonyl (C=S) groups is 1. The van der Waals surface area contributed by atoms with Gasteiger partial charge in [-0.15, -0.1) is 0 Å². The van der Waals surface area contributed by atoms with Crippen LogP contribution in [0.2, 0.25) is 0 Å². The zero-order chi connectivity index (χ0) is 14.9. The zero-order valence-electron chi connectivity index (χ0n) is 10.4. The van der Waals surface area contributed by atoms with Crippen molar-refractivity contribution < 1.29 is 24.6 Å². The Morgan fingerprint density at radius 2 is 1.80 bits per heavy atom. The molecule has 0 fully saturated rings. The van der Waals surface area contributed by atoms with Gasteiger partial charge in [-0.05, 0) is 12.0 Å². The van der Waals surface area contributed by atoms with Crippen LogP contribution < -0.4 is 0 Å².